The molecule has 2 saturated heterocycles. The lowest BCUT2D eigenvalue weighted by atomic mass is 9.97. The highest BCUT2D eigenvalue weighted by atomic mass is 16.7. The van der Waals surface area contributed by atoms with Crippen molar-refractivity contribution in [3.05, 3.63) is 48.6 Å². The summed E-state index contributed by atoms with van der Waals surface area (Å²) in [5, 5.41) is 87.7. The number of aliphatic hydroxyl groups excluding tert-OH is 8. The molecule has 2 rings (SSSR count). The van der Waals surface area contributed by atoms with Crippen molar-refractivity contribution in [3.8, 4) is 0 Å². The Balaban J connectivity index is 1.65. The molecule has 0 radical (unpaired) electrons. The van der Waals surface area contributed by atoms with Gasteiger partial charge in [0.15, 0.2) is 12.6 Å². The van der Waals surface area contributed by atoms with Crippen molar-refractivity contribution in [3.63, 3.8) is 0 Å². The van der Waals surface area contributed by atoms with Crippen molar-refractivity contribution in [2.45, 2.75) is 396 Å². The zero-order valence-electron chi connectivity index (χ0n) is 56.2. The van der Waals surface area contributed by atoms with E-state index >= 15 is 0 Å². The van der Waals surface area contributed by atoms with E-state index in [0.29, 0.717) is 12.8 Å². The predicted octanol–water partition coefficient (Wildman–Crippen LogP) is 15.5. The molecule has 14 heteroatoms. The first-order valence-corrected chi connectivity index (χ1v) is 36.9. The van der Waals surface area contributed by atoms with Crippen molar-refractivity contribution in [1.82, 2.24) is 5.32 Å². The van der Waals surface area contributed by atoms with Crippen LogP contribution in [0.15, 0.2) is 48.6 Å². The number of allylic oxidation sites excluding steroid dienone is 8. The van der Waals surface area contributed by atoms with Crippen LogP contribution in [0.2, 0.25) is 0 Å². The van der Waals surface area contributed by atoms with Crippen molar-refractivity contribution >= 4 is 5.91 Å². The molecule has 1 amide bonds. The number of hydrogen-bond acceptors (Lipinski definition) is 13. The van der Waals surface area contributed by atoms with Crippen LogP contribution in [0.5, 0.6) is 0 Å². The van der Waals surface area contributed by atoms with Crippen molar-refractivity contribution in [2.24, 2.45) is 0 Å². The highest BCUT2D eigenvalue weighted by molar-refractivity contribution is 5.76. The Morgan fingerprint density at radius 1 is 0.420 bits per heavy atom. The van der Waals surface area contributed by atoms with E-state index in [2.05, 4.69) is 67.8 Å². The van der Waals surface area contributed by atoms with E-state index in [4.69, 9.17) is 18.9 Å². The Hall–Kier alpha value is -2.05. The third-order valence-corrected chi connectivity index (χ3v) is 18.1. The van der Waals surface area contributed by atoms with E-state index in [1.165, 1.54) is 218 Å². The molecule has 2 aliphatic heterocycles. The van der Waals surface area contributed by atoms with Gasteiger partial charge in [-0.05, 0) is 51.4 Å². The molecule has 0 saturated carbocycles. The smallest absolute Gasteiger partial charge is 0.220 e. The third-order valence-electron chi connectivity index (χ3n) is 18.1. The Morgan fingerprint density at radius 3 is 1.20 bits per heavy atom. The molecule has 0 bridgehead atoms. The standard InChI is InChI=1S/C74H137NO13/c1-3-5-7-9-11-13-15-17-19-21-23-25-27-29-31-33-35-37-39-41-43-45-47-49-51-53-55-57-63(78)62(61-85-73-71(84)69(82)72(65(60-77)87-73)88-74-70(83)68(81)67(80)64(59-76)86-74)75-66(79)58-56-54-52-50-48-46-44-42-40-38-36-34-32-30-28-26-24-22-20-18-16-14-12-10-8-6-4-2/h6,8,12,14,18,20,24,26,62-65,67-74,76-78,80-84H,3-5,7,9-11,13,15-17,19,21-23,25,27-61H2,1-2H3,(H,75,79)/b8-6-,14-12-,20-18-,26-24-. The third kappa shape index (κ3) is 42.2. The second-order valence-corrected chi connectivity index (χ2v) is 26.0. The Bertz CT molecular complexity index is 1660. The molecule has 2 fully saturated rings. The first-order chi connectivity index (χ1) is 43.1. The van der Waals surface area contributed by atoms with E-state index < -0.39 is 86.8 Å². The minimum atomic E-state index is -1.78. The first-order valence-electron chi connectivity index (χ1n) is 36.9. The Kier molecular flexibility index (Phi) is 54.8. The average molecular weight is 1250 g/mol. The van der Waals surface area contributed by atoms with Gasteiger partial charge in [0.25, 0.3) is 0 Å². The van der Waals surface area contributed by atoms with Gasteiger partial charge in [-0.2, -0.15) is 0 Å². The molecule has 0 spiro atoms. The van der Waals surface area contributed by atoms with Gasteiger partial charge in [0, 0.05) is 6.42 Å². The molecule has 0 aliphatic carbocycles. The van der Waals surface area contributed by atoms with E-state index in [-0.39, 0.29) is 12.5 Å². The zero-order valence-corrected chi connectivity index (χ0v) is 56.2. The summed E-state index contributed by atoms with van der Waals surface area (Å²) >= 11 is 0. The molecular weight excluding hydrogens is 1110 g/mol. The molecule has 0 aromatic carbocycles. The van der Waals surface area contributed by atoms with Crippen LogP contribution < -0.4 is 5.32 Å². The Morgan fingerprint density at radius 2 is 0.784 bits per heavy atom. The largest absolute Gasteiger partial charge is 0.394 e. The summed E-state index contributed by atoms with van der Waals surface area (Å²) in [7, 11) is 0. The number of unbranched alkanes of at least 4 members (excludes halogenated alkanes) is 40. The number of aliphatic hydroxyl groups is 8. The quantitative estimate of drug-likeness (QED) is 0.0204. The summed E-state index contributed by atoms with van der Waals surface area (Å²) in [4.78, 5) is 13.4. The van der Waals surface area contributed by atoms with Crippen LogP contribution in [0.25, 0.3) is 0 Å². The summed E-state index contributed by atoms with van der Waals surface area (Å²) in [6.45, 7) is 2.80. The molecule has 12 unspecified atom stereocenters. The molecule has 14 nitrogen and oxygen atoms in total. The number of carbonyl (C=O) groups is 1. The lowest BCUT2D eigenvalue weighted by Gasteiger charge is -2.46. The number of hydrogen-bond donors (Lipinski definition) is 9. The van der Waals surface area contributed by atoms with Crippen LogP contribution in [-0.4, -0.2) is 140 Å². The number of nitrogens with one attached hydrogen (secondary N) is 1. The van der Waals surface area contributed by atoms with E-state index in [0.717, 1.165) is 77.0 Å². The number of amides is 1. The summed E-state index contributed by atoms with van der Waals surface area (Å²) in [5.74, 6) is -0.204. The van der Waals surface area contributed by atoms with Crippen LogP contribution in [0, 0.1) is 0 Å². The normalized spacial score (nSPS) is 23.4. The molecule has 2 aliphatic rings. The van der Waals surface area contributed by atoms with Gasteiger partial charge in [0.05, 0.1) is 32.0 Å². The highest BCUT2D eigenvalue weighted by Gasteiger charge is 2.51. The van der Waals surface area contributed by atoms with E-state index in [9.17, 15) is 45.6 Å². The maximum absolute atomic E-state index is 13.4. The lowest BCUT2D eigenvalue weighted by molar-refractivity contribution is -0.359. The van der Waals surface area contributed by atoms with Gasteiger partial charge < -0.3 is 65.1 Å². The van der Waals surface area contributed by atoms with Crippen LogP contribution in [0.3, 0.4) is 0 Å². The molecule has 12 atom stereocenters. The summed E-state index contributed by atoms with van der Waals surface area (Å²) < 4.78 is 23.0. The minimum absolute atomic E-state index is 0.204. The zero-order chi connectivity index (χ0) is 63.8. The maximum Gasteiger partial charge on any atom is 0.220 e. The average Bonchev–Trinajstić information content (AvgIpc) is 1.93. The van der Waals surface area contributed by atoms with Gasteiger partial charge in [0.1, 0.15) is 48.8 Å². The van der Waals surface area contributed by atoms with E-state index in [1.54, 1.807) is 0 Å². The van der Waals surface area contributed by atoms with E-state index in [1.807, 2.05) is 0 Å². The van der Waals surface area contributed by atoms with Crippen LogP contribution >= 0.6 is 0 Å². The van der Waals surface area contributed by atoms with Crippen molar-refractivity contribution in [1.29, 1.82) is 0 Å². The topological polar surface area (TPSA) is 228 Å². The fraction of sp³-hybridized carbons (Fsp3) is 0.878. The van der Waals surface area contributed by atoms with Crippen LogP contribution in [-0.2, 0) is 23.7 Å². The first kappa shape index (κ1) is 82.0. The minimum Gasteiger partial charge on any atom is -0.394 e. The number of carbonyl (C=O) groups excluding carboxylic acids is 1. The number of rotatable bonds is 61. The molecule has 0 aromatic rings. The maximum atomic E-state index is 13.4. The predicted molar refractivity (Wildman–Crippen MR) is 360 cm³/mol. The fourth-order valence-electron chi connectivity index (χ4n) is 12.2. The van der Waals surface area contributed by atoms with Gasteiger partial charge in [-0.25, -0.2) is 0 Å². The van der Waals surface area contributed by atoms with Crippen LogP contribution in [0.1, 0.15) is 322 Å². The molecule has 88 heavy (non-hydrogen) atoms. The SMILES string of the molecule is CC/C=C\C/C=C\C/C=C\C/C=C\CCCCCCCCCCCCCCCCC(=O)NC(COC1OC(CO)C(OC2OC(CO)C(O)C(O)C2O)C(O)C1O)C(O)CCCCCCCCCCCCCCCCCCCCCCCCCCCCC. The van der Waals surface area contributed by atoms with Gasteiger partial charge in [0.2, 0.25) is 5.91 Å². The second-order valence-electron chi connectivity index (χ2n) is 26.0. The Labute approximate surface area is 537 Å². The van der Waals surface area contributed by atoms with Crippen molar-refractivity contribution in [2.75, 3.05) is 19.8 Å². The fourth-order valence-corrected chi connectivity index (χ4v) is 12.2. The van der Waals surface area contributed by atoms with Gasteiger partial charge in [-0.15, -0.1) is 0 Å². The molecule has 516 valence electrons. The molecule has 0 aromatic heterocycles. The van der Waals surface area contributed by atoms with Gasteiger partial charge in [-0.1, -0.05) is 313 Å². The lowest BCUT2D eigenvalue weighted by Crippen LogP contribution is -2.65. The number of ether oxygens (including phenoxy) is 4. The monoisotopic (exact) mass is 1250 g/mol. The molecule has 9 N–H and O–H groups in total. The van der Waals surface area contributed by atoms with Crippen molar-refractivity contribution < 1.29 is 64.6 Å². The summed E-state index contributed by atoms with van der Waals surface area (Å²) in [6.07, 6.45) is 59.8. The van der Waals surface area contributed by atoms with Gasteiger partial charge >= 0.3 is 0 Å². The van der Waals surface area contributed by atoms with Gasteiger partial charge in [-0.3, -0.25) is 4.79 Å². The molecule has 2 heterocycles. The molecular formula is C74H137NO13. The summed E-state index contributed by atoms with van der Waals surface area (Å²) in [5.41, 5.74) is 0. The summed E-state index contributed by atoms with van der Waals surface area (Å²) in [6, 6.07) is -0.832. The van der Waals surface area contributed by atoms with Crippen LogP contribution in [0.4, 0.5) is 0 Å². The highest BCUT2D eigenvalue weighted by Crippen LogP contribution is 2.30. The second kappa shape index (κ2) is 58.7.